The Morgan fingerprint density at radius 2 is 1.30 bits per heavy atom. The van der Waals surface area contributed by atoms with Crippen molar-refractivity contribution in [3.63, 3.8) is 0 Å². The first-order chi connectivity index (χ1) is 36.8. The van der Waals surface area contributed by atoms with Crippen molar-refractivity contribution < 1.29 is 79.6 Å². The van der Waals surface area contributed by atoms with Crippen LogP contribution in [0.5, 0.6) is 34.5 Å². The highest BCUT2D eigenvalue weighted by Gasteiger charge is 2.45. The molecule has 5 atom stereocenters. The van der Waals surface area contributed by atoms with Crippen molar-refractivity contribution in [1.82, 2.24) is 5.32 Å². The number of amides is 1. The molecule has 1 aliphatic heterocycles. The van der Waals surface area contributed by atoms with Crippen LogP contribution in [0.2, 0.25) is 0 Å². The number of aliphatic hydroxyl groups excluding tert-OH is 3. The molecule has 6 N–H and O–H groups in total. The second kappa shape index (κ2) is 29.6. The van der Waals surface area contributed by atoms with Crippen LogP contribution in [-0.4, -0.2) is 140 Å². The van der Waals surface area contributed by atoms with Gasteiger partial charge in [0.1, 0.15) is 35.6 Å². The molecule has 1 amide bonds. The van der Waals surface area contributed by atoms with E-state index < -0.39 is 64.8 Å². The second-order valence-corrected chi connectivity index (χ2v) is 18.6. The molecule has 20 heteroatoms. The van der Waals surface area contributed by atoms with Gasteiger partial charge in [-0.15, -0.1) is 8.42 Å². The van der Waals surface area contributed by atoms with Crippen molar-refractivity contribution in [1.29, 1.82) is 0 Å². The number of methoxy groups -OCH3 is 2. The van der Waals surface area contributed by atoms with Gasteiger partial charge in [-0.3, -0.25) is 9.59 Å². The largest absolute Gasteiger partial charge is 0.501 e. The van der Waals surface area contributed by atoms with Crippen molar-refractivity contribution in [2.45, 2.75) is 57.7 Å². The van der Waals surface area contributed by atoms with E-state index >= 15 is 0 Å². The number of hydrogen-bond acceptors (Lipinski definition) is 18. The Hall–Kier alpha value is -6.59. The first kappa shape index (κ1) is 58.7. The van der Waals surface area contributed by atoms with Crippen LogP contribution in [0.15, 0.2) is 115 Å². The third kappa shape index (κ3) is 16.7. The van der Waals surface area contributed by atoms with Crippen LogP contribution >= 0.6 is 0 Å². The van der Waals surface area contributed by atoms with Crippen LogP contribution in [-0.2, 0) is 40.6 Å². The maximum Gasteiger partial charge on any atom is 0.501 e. The minimum atomic E-state index is -5.09. The summed E-state index contributed by atoms with van der Waals surface area (Å²) < 4.78 is 83.0. The Morgan fingerprint density at radius 1 is 0.711 bits per heavy atom. The Balaban J connectivity index is 1.11. The molecule has 0 spiro atoms. The minimum absolute atomic E-state index is 0.0382. The standard InChI is InChI=1S/C56H68N2O17S/c1-5-44(38-12-8-6-9-13-38)51(39-14-10-7-11-15-39)40-16-19-42(20-17-40)71-25-22-37(2)32-45-47(66-3)34-43(35-48(45)67-4)74-76(64,65)75-49-33-41(55(63)58-24-27-69-29-31-70-30-28-68-26-23-57)18-21-46(49)72-56-54(62)53(61)52(60)50(36-59)73-56/h6-21,33-35,37,50,52-53,56,59-61H,5,22-32,36,57H2,1-4H3,(H,58,63)/b51-44-/t37?,50-,52+,53+,56?/m1/s1. The number of nitrogens with one attached hydrogen (secondary N) is 1. The van der Waals surface area contributed by atoms with Gasteiger partial charge in [-0.25, -0.2) is 0 Å². The molecule has 410 valence electrons. The van der Waals surface area contributed by atoms with E-state index in [-0.39, 0.29) is 48.5 Å². The monoisotopic (exact) mass is 1070 g/mol. The maximum atomic E-state index is 13.7. The first-order valence-electron chi connectivity index (χ1n) is 24.9. The zero-order chi connectivity index (χ0) is 54.5. The molecule has 6 rings (SSSR count). The second-order valence-electron chi connectivity index (χ2n) is 17.5. The Bertz CT molecular complexity index is 2740. The number of aliphatic hydroxyl groups is 3. The summed E-state index contributed by atoms with van der Waals surface area (Å²) in [7, 11) is -2.25. The molecule has 1 saturated heterocycles. The van der Waals surface area contributed by atoms with Gasteiger partial charge in [-0.2, -0.15) is 0 Å². The van der Waals surface area contributed by atoms with Crippen molar-refractivity contribution in [3.8, 4) is 34.5 Å². The van der Waals surface area contributed by atoms with Gasteiger partial charge in [0.05, 0.1) is 67.1 Å². The van der Waals surface area contributed by atoms with E-state index in [1.807, 2.05) is 43.3 Å². The molecule has 0 bridgehead atoms. The zero-order valence-electron chi connectivity index (χ0n) is 43.1. The molecule has 0 radical (unpaired) electrons. The van der Waals surface area contributed by atoms with Gasteiger partial charge in [-0.1, -0.05) is 86.6 Å². The smallest absolute Gasteiger partial charge is 0.496 e. The zero-order valence-corrected chi connectivity index (χ0v) is 43.9. The highest BCUT2D eigenvalue weighted by atomic mass is 32.3. The number of ether oxygens (including phenoxy) is 8. The minimum Gasteiger partial charge on any atom is -0.496 e. The lowest BCUT2D eigenvalue weighted by atomic mass is 9.88. The van der Waals surface area contributed by atoms with Crippen molar-refractivity contribution >= 4 is 33.2 Å². The van der Waals surface area contributed by atoms with Gasteiger partial charge in [0.15, 0.2) is 17.2 Å². The fourth-order valence-electron chi connectivity index (χ4n) is 8.23. The Morgan fingerprint density at radius 3 is 1.91 bits per heavy atom. The van der Waals surface area contributed by atoms with Gasteiger partial charge in [0, 0.05) is 36.3 Å². The lowest BCUT2D eigenvalue weighted by Gasteiger charge is -2.34. The fourth-order valence-corrected chi connectivity index (χ4v) is 8.95. The molecule has 0 saturated carbocycles. The molecule has 2 unspecified atom stereocenters. The van der Waals surface area contributed by atoms with Gasteiger partial charge in [-0.05, 0) is 83.3 Å². The summed E-state index contributed by atoms with van der Waals surface area (Å²) in [4.78, 5) is 26.1. The fraction of sp³-hybridized carbons (Fsp3) is 0.393. The van der Waals surface area contributed by atoms with Crippen LogP contribution in [0.4, 0.5) is 0 Å². The molecular formula is C56H68N2O17S. The van der Waals surface area contributed by atoms with Crippen LogP contribution in [0, 0.1) is 5.92 Å². The highest BCUT2D eigenvalue weighted by molar-refractivity contribution is 7.82. The Labute approximate surface area is 443 Å². The molecule has 5 aromatic carbocycles. The lowest BCUT2D eigenvalue weighted by molar-refractivity contribution is -0.219. The number of hydrogen-bond donors (Lipinski definition) is 5. The summed E-state index contributed by atoms with van der Waals surface area (Å²) in [5.74, 6) is -1.84. The number of benzene rings is 5. The van der Waals surface area contributed by atoms with E-state index in [4.69, 9.17) is 52.0 Å². The summed E-state index contributed by atoms with van der Waals surface area (Å²) in [6.07, 6.45) is -5.20. The van der Waals surface area contributed by atoms with Crippen molar-refractivity contribution in [3.05, 3.63) is 143 Å². The average Bonchev–Trinajstić information content (AvgIpc) is 3.43. The normalized spacial score (nSPS) is 17.3. The third-order valence-electron chi connectivity index (χ3n) is 12.1. The summed E-state index contributed by atoms with van der Waals surface area (Å²) in [6, 6.07) is 35.0. The number of carbonyl (C=O) groups excluding carboxylic acids is 2. The number of rotatable bonds is 31. The van der Waals surface area contributed by atoms with E-state index in [1.54, 1.807) is 0 Å². The SMILES string of the molecule is CC/C(=C(\c1ccccc1)c1ccc(OCCC(C)Cc2c(OC)cc(OS(=O)(=O)Oc3cc(C(=O)NCCOCCOCCOCCN)ccc3OC3O[C@H](CO)[C@H](O)[C@H](O)C3=O)cc2OC)cc1)c1ccccc1. The van der Waals surface area contributed by atoms with E-state index in [0.717, 1.165) is 41.0 Å². The number of carbonyl (C=O) groups is 2. The molecule has 76 heavy (non-hydrogen) atoms. The van der Waals surface area contributed by atoms with Gasteiger partial charge in [0.2, 0.25) is 5.78 Å². The molecule has 1 heterocycles. The van der Waals surface area contributed by atoms with Gasteiger partial charge >= 0.3 is 10.4 Å². The molecular weight excluding hydrogens is 1000 g/mol. The molecule has 19 nitrogen and oxygen atoms in total. The summed E-state index contributed by atoms with van der Waals surface area (Å²) >= 11 is 0. The van der Waals surface area contributed by atoms with Crippen LogP contribution in [0.25, 0.3) is 11.1 Å². The molecule has 1 aliphatic rings. The molecule has 0 aromatic heterocycles. The number of allylic oxidation sites excluding steroid dienone is 1. The number of ketones is 1. The van der Waals surface area contributed by atoms with Gasteiger partial charge < -0.3 is 72.6 Å². The highest BCUT2D eigenvalue weighted by Crippen LogP contribution is 2.39. The maximum absolute atomic E-state index is 13.7. The van der Waals surface area contributed by atoms with Crippen LogP contribution < -0.4 is 38.4 Å². The van der Waals surface area contributed by atoms with E-state index in [1.165, 1.54) is 43.6 Å². The summed E-state index contributed by atoms with van der Waals surface area (Å²) in [6.45, 7) is 6.16. The average molecular weight is 1070 g/mol. The number of Topliss-reactive ketones (excluding diaryl/α,β-unsaturated/α-hetero) is 1. The van der Waals surface area contributed by atoms with E-state index in [0.29, 0.717) is 58.0 Å². The summed E-state index contributed by atoms with van der Waals surface area (Å²) in [5, 5.41) is 32.9. The van der Waals surface area contributed by atoms with Gasteiger partial charge in [0.25, 0.3) is 12.2 Å². The van der Waals surface area contributed by atoms with E-state index in [9.17, 15) is 33.3 Å². The lowest BCUT2D eigenvalue weighted by Crippen LogP contribution is -2.57. The molecule has 0 aliphatic carbocycles. The summed E-state index contributed by atoms with van der Waals surface area (Å²) in [5.41, 5.74) is 11.7. The van der Waals surface area contributed by atoms with Crippen LogP contribution in [0.3, 0.4) is 0 Å². The van der Waals surface area contributed by atoms with Crippen LogP contribution in [0.1, 0.15) is 59.3 Å². The number of nitrogens with two attached hydrogens (primary N) is 1. The first-order valence-corrected chi connectivity index (χ1v) is 26.3. The third-order valence-corrected chi connectivity index (χ3v) is 12.9. The van der Waals surface area contributed by atoms with E-state index in [2.05, 4.69) is 60.8 Å². The molecule has 5 aromatic rings. The van der Waals surface area contributed by atoms with Crippen molar-refractivity contribution in [2.75, 3.05) is 80.2 Å². The predicted octanol–water partition coefficient (Wildman–Crippen LogP) is 5.55. The predicted molar refractivity (Wildman–Crippen MR) is 282 cm³/mol. The van der Waals surface area contributed by atoms with Crippen molar-refractivity contribution in [2.24, 2.45) is 11.7 Å². The molecule has 1 fully saturated rings. The topological polar surface area (TPSA) is 259 Å². The quantitative estimate of drug-likeness (QED) is 0.0269. The Kier molecular flexibility index (Phi) is 22.9.